The number of carbonyl (C=O) groups is 1. The van der Waals surface area contributed by atoms with E-state index in [-0.39, 0.29) is 5.41 Å². The summed E-state index contributed by atoms with van der Waals surface area (Å²) >= 11 is 0. The van der Waals surface area contributed by atoms with E-state index < -0.39 is 0 Å². The van der Waals surface area contributed by atoms with E-state index in [0.29, 0.717) is 12.2 Å². The Labute approximate surface area is 137 Å². The van der Waals surface area contributed by atoms with Crippen molar-refractivity contribution in [1.82, 2.24) is 0 Å². The van der Waals surface area contributed by atoms with Crippen LogP contribution < -0.4 is 4.74 Å². The Hall–Kier alpha value is -2.35. The third-order valence-electron chi connectivity index (χ3n) is 4.86. The lowest BCUT2D eigenvalue weighted by molar-refractivity contribution is -0.137. The maximum absolute atomic E-state index is 12.4. The van der Waals surface area contributed by atoms with E-state index in [1.807, 2.05) is 30.3 Å². The minimum absolute atomic E-state index is 0.276. The Bertz CT molecular complexity index is 700. The topological polar surface area (TPSA) is 26.3 Å². The minimum atomic E-state index is -0.276. The van der Waals surface area contributed by atoms with Crippen molar-refractivity contribution in [3.8, 4) is 5.75 Å². The third kappa shape index (κ3) is 3.21. The number of rotatable bonds is 6. The Kier molecular flexibility index (Phi) is 4.33. The van der Waals surface area contributed by atoms with Gasteiger partial charge in [0.05, 0.1) is 7.11 Å². The van der Waals surface area contributed by atoms with Crippen molar-refractivity contribution in [1.29, 1.82) is 0 Å². The van der Waals surface area contributed by atoms with Crippen molar-refractivity contribution in [2.24, 2.45) is 5.41 Å². The molecule has 0 heterocycles. The van der Waals surface area contributed by atoms with Crippen molar-refractivity contribution in [3.63, 3.8) is 0 Å². The van der Waals surface area contributed by atoms with Crippen LogP contribution in [0.2, 0.25) is 0 Å². The first kappa shape index (κ1) is 15.5. The van der Waals surface area contributed by atoms with Gasteiger partial charge in [-0.05, 0) is 48.1 Å². The minimum Gasteiger partial charge on any atom is -0.497 e. The van der Waals surface area contributed by atoms with Crippen LogP contribution in [0.25, 0.3) is 5.57 Å². The Morgan fingerprint density at radius 3 is 2.35 bits per heavy atom. The third-order valence-corrected chi connectivity index (χ3v) is 4.86. The van der Waals surface area contributed by atoms with Gasteiger partial charge < -0.3 is 4.74 Å². The van der Waals surface area contributed by atoms with Gasteiger partial charge in [-0.15, -0.1) is 0 Å². The maximum atomic E-state index is 12.4. The highest BCUT2D eigenvalue weighted by Crippen LogP contribution is 2.46. The molecule has 2 aromatic carbocycles. The standard InChI is InChI=1S/C21H22O2/c1-16(18-6-4-3-5-7-18)14-21(13-12-20(21)22)15-17-8-10-19(23-2)11-9-17/h3-11H,1,12-15H2,2H3/t21-/m0/s1. The number of ether oxygens (including phenoxy) is 1. The SMILES string of the molecule is C=C(C[C@]1(Cc2ccc(OC)cc2)CCC1=O)c1ccccc1. The number of hydrogen-bond acceptors (Lipinski definition) is 2. The van der Waals surface area contributed by atoms with Crippen molar-refractivity contribution >= 4 is 11.4 Å². The lowest BCUT2D eigenvalue weighted by atomic mass is 9.61. The first-order valence-corrected chi connectivity index (χ1v) is 8.02. The molecule has 0 N–H and O–H groups in total. The summed E-state index contributed by atoms with van der Waals surface area (Å²) in [7, 11) is 1.66. The molecule has 118 valence electrons. The molecule has 0 unspecified atom stereocenters. The fourth-order valence-corrected chi connectivity index (χ4v) is 3.34. The normalized spacial score (nSPS) is 20.0. The van der Waals surface area contributed by atoms with Gasteiger partial charge in [0, 0.05) is 11.8 Å². The number of benzene rings is 2. The highest BCUT2D eigenvalue weighted by Gasteiger charge is 2.45. The van der Waals surface area contributed by atoms with Gasteiger partial charge in [0.1, 0.15) is 11.5 Å². The van der Waals surface area contributed by atoms with Crippen molar-refractivity contribution in [2.45, 2.75) is 25.7 Å². The summed E-state index contributed by atoms with van der Waals surface area (Å²) < 4.78 is 5.20. The first-order chi connectivity index (χ1) is 11.1. The van der Waals surface area contributed by atoms with Gasteiger partial charge in [-0.3, -0.25) is 4.79 Å². The highest BCUT2D eigenvalue weighted by molar-refractivity contribution is 5.92. The number of carbonyl (C=O) groups excluding carboxylic acids is 1. The van der Waals surface area contributed by atoms with E-state index in [9.17, 15) is 4.79 Å². The molecule has 0 amide bonds. The van der Waals surface area contributed by atoms with Crippen LogP contribution in [0.3, 0.4) is 0 Å². The second-order valence-electron chi connectivity index (χ2n) is 6.37. The smallest absolute Gasteiger partial charge is 0.139 e. The van der Waals surface area contributed by atoms with Gasteiger partial charge in [-0.1, -0.05) is 49.0 Å². The van der Waals surface area contributed by atoms with Crippen molar-refractivity contribution in [2.75, 3.05) is 7.11 Å². The summed E-state index contributed by atoms with van der Waals surface area (Å²) in [5, 5.41) is 0. The van der Waals surface area contributed by atoms with Crippen LogP contribution in [0.1, 0.15) is 30.4 Å². The molecule has 0 aliphatic heterocycles. The lowest BCUT2D eigenvalue weighted by Gasteiger charge is -2.41. The number of ketones is 1. The van der Waals surface area contributed by atoms with Gasteiger partial charge in [-0.2, -0.15) is 0 Å². The van der Waals surface area contributed by atoms with Crippen LogP contribution in [-0.4, -0.2) is 12.9 Å². The van der Waals surface area contributed by atoms with Gasteiger partial charge >= 0.3 is 0 Å². The molecule has 0 bridgehead atoms. The van der Waals surface area contributed by atoms with Crippen LogP contribution >= 0.6 is 0 Å². The van der Waals surface area contributed by atoms with Crippen LogP contribution in [0.5, 0.6) is 5.75 Å². The lowest BCUT2D eigenvalue weighted by Crippen LogP contribution is -2.42. The van der Waals surface area contributed by atoms with Crippen LogP contribution in [0.15, 0.2) is 61.2 Å². The molecule has 0 spiro atoms. The molecule has 0 radical (unpaired) electrons. The molecule has 1 saturated carbocycles. The molecule has 0 saturated heterocycles. The zero-order valence-electron chi connectivity index (χ0n) is 13.5. The number of hydrogen-bond donors (Lipinski definition) is 0. The molecular formula is C21H22O2. The fraction of sp³-hybridized carbons (Fsp3) is 0.286. The molecule has 2 heteroatoms. The Balaban J connectivity index is 1.77. The summed E-state index contributed by atoms with van der Waals surface area (Å²) in [5.41, 5.74) is 3.08. The van der Waals surface area contributed by atoms with E-state index in [1.54, 1.807) is 7.11 Å². The molecule has 1 fully saturated rings. The molecule has 1 atom stereocenters. The second-order valence-corrected chi connectivity index (χ2v) is 6.37. The molecule has 0 aromatic heterocycles. The highest BCUT2D eigenvalue weighted by atomic mass is 16.5. The van der Waals surface area contributed by atoms with E-state index >= 15 is 0 Å². The molecule has 2 aromatic rings. The van der Waals surface area contributed by atoms with E-state index in [2.05, 4.69) is 30.8 Å². The molecule has 1 aliphatic rings. The zero-order chi connectivity index (χ0) is 16.3. The van der Waals surface area contributed by atoms with Gasteiger partial charge in [0.15, 0.2) is 0 Å². The predicted octanol–water partition coefficient (Wildman–Crippen LogP) is 4.69. The number of allylic oxidation sites excluding steroid dienone is 1. The van der Waals surface area contributed by atoms with Crippen LogP contribution in [0, 0.1) is 5.41 Å². The summed E-state index contributed by atoms with van der Waals surface area (Å²) in [6, 6.07) is 18.2. The van der Waals surface area contributed by atoms with Gasteiger partial charge in [0.2, 0.25) is 0 Å². The summed E-state index contributed by atoms with van der Waals surface area (Å²) in [4.78, 5) is 12.4. The molecule has 3 rings (SSSR count). The maximum Gasteiger partial charge on any atom is 0.139 e. The summed E-state index contributed by atoms with van der Waals surface area (Å²) in [5.74, 6) is 1.21. The van der Waals surface area contributed by atoms with Crippen LogP contribution in [-0.2, 0) is 11.2 Å². The van der Waals surface area contributed by atoms with Gasteiger partial charge in [0.25, 0.3) is 0 Å². The molecular weight excluding hydrogens is 284 g/mol. The number of Topliss-reactive ketones (excluding diaryl/α,β-unsaturated/α-hetero) is 1. The number of methoxy groups -OCH3 is 1. The summed E-state index contributed by atoms with van der Waals surface area (Å²) in [6.45, 7) is 4.22. The van der Waals surface area contributed by atoms with Crippen molar-refractivity contribution in [3.05, 3.63) is 72.3 Å². The molecule has 23 heavy (non-hydrogen) atoms. The average Bonchev–Trinajstić information content (AvgIpc) is 2.61. The Morgan fingerprint density at radius 2 is 1.83 bits per heavy atom. The summed E-state index contributed by atoms with van der Waals surface area (Å²) in [6.07, 6.45) is 3.16. The average molecular weight is 306 g/mol. The van der Waals surface area contributed by atoms with E-state index in [1.165, 1.54) is 5.56 Å². The van der Waals surface area contributed by atoms with Crippen LogP contribution in [0.4, 0.5) is 0 Å². The molecule has 1 aliphatic carbocycles. The zero-order valence-corrected chi connectivity index (χ0v) is 13.5. The first-order valence-electron chi connectivity index (χ1n) is 8.02. The molecule has 2 nitrogen and oxygen atoms in total. The second kappa shape index (κ2) is 6.41. The quantitative estimate of drug-likeness (QED) is 0.774. The van der Waals surface area contributed by atoms with E-state index in [4.69, 9.17) is 4.74 Å². The predicted molar refractivity (Wildman–Crippen MR) is 93.5 cm³/mol. The van der Waals surface area contributed by atoms with E-state index in [0.717, 1.165) is 36.1 Å². The van der Waals surface area contributed by atoms with Crippen molar-refractivity contribution < 1.29 is 9.53 Å². The largest absolute Gasteiger partial charge is 0.497 e. The van der Waals surface area contributed by atoms with Gasteiger partial charge in [-0.25, -0.2) is 0 Å². The Morgan fingerprint density at radius 1 is 1.13 bits per heavy atom. The monoisotopic (exact) mass is 306 g/mol. The fourth-order valence-electron chi connectivity index (χ4n) is 3.34.